The minimum absolute atomic E-state index is 0.0235. The standard InChI is InChI=1S/C29H12F4N4/c1-13-3-2-4-14(7-13)15-5-6-16-17-9-21-18(10-20(17)28(36-11-34)19(16)8-15)22-23(29(21)37-12-35)25(31)27(33)26(32)24(22)30/h2-10H,1H3/b36-28+,37-29-. The van der Waals surface area contributed by atoms with Gasteiger partial charge in [0.05, 0.1) is 16.1 Å². The predicted octanol–water partition coefficient (Wildman–Crippen LogP) is 6.47. The maximum absolute atomic E-state index is 15.0. The molecule has 6 aromatic rings. The minimum Gasteiger partial charge on any atom is -0.203 e. The van der Waals surface area contributed by atoms with Crippen LogP contribution in [0.3, 0.4) is 0 Å². The molecule has 8 heteroatoms. The minimum atomic E-state index is -1.98. The van der Waals surface area contributed by atoms with Crippen LogP contribution in [-0.2, 0) is 0 Å². The average molecular weight is 492 g/mol. The van der Waals surface area contributed by atoms with E-state index in [1.165, 1.54) is 12.3 Å². The van der Waals surface area contributed by atoms with E-state index >= 15 is 0 Å². The molecule has 6 rings (SSSR count). The van der Waals surface area contributed by atoms with Gasteiger partial charge in [-0.05, 0) is 52.4 Å². The van der Waals surface area contributed by atoms with Crippen LogP contribution < -0.4 is 10.7 Å². The predicted molar refractivity (Wildman–Crippen MR) is 131 cm³/mol. The molecule has 0 amide bonds. The van der Waals surface area contributed by atoms with Gasteiger partial charge in [-0.3, -0.25) is 0 Å². The summed E-state index contributed by atoms with van der Waals surface area (Å²) in [5, 5.41) is 20.0. The fourth-order valence-electron chi connectivity index (χ4n) is 5.12. The third-order valence-corrected chi connectivity index (χ3v) is 6.68. The summed E-state index contributed by atoms with van der Waals surface area (Å²) in [5.41, 5.74) is 2.92. The van der Waals surface area contributed by atoms with Crippen molar-refractivity contribution in [1.29, 1.82) is 10.5 Å². The molecule has 6 aromatic carbocycles. The lowest BCUT2D eigenvalue weighted by Gasteiger charge is -2.03. The summed E-state index contributed by atoms with van der Waals surface area (Å²) in [4.78, 5) is 7.63. The molecule has 0 bridgehead atoms. The highest BCUT2D eigenvalue weighted by Crippen LogP contribution is 2.36. The lowest BCUT2D eigenvalue weighted by Crippen LogP contribution is -2.04. The fourth-order valence-corrected chi connectivity index (χ4v) is 5.12. The second kappa shape index (κ2) is 7.97. The summed E-state index contributed by atoms with van der Waals surface area (Å²) in [5.74, 6) is -7.16. The second-order valence-electron chi connectivity index (χ2n) is 8.70. The van der Waals surface area contributed by atoms with Crippen LogP contribution >= 0.6 is 0 Å². The van der Waals surface area contributed by atoms with Crippen LogP contribution in [0.5, 0.6) is 0 Å². The van der Waals surface area contributed by atoms with Crippen molar-refractivity contribution >= 4 is 43.1 Å². The van der Waals surface area contributed by atoms with Gasteiger partial charge >= 0.3 is 0 Å². The molecule has 0 saturated heterocycles. The Morgan fingerprint density at radius 1 is 0.568 bits per heavy atom. The van der Waals surface area contributed by atoms with Crippen molar-refractivity contribution < 1.29 is 17.6 Å². The lowest BCUT2D eigenvalue weighted by atomic mass is 10.0. The lowest BCUT2D eigenvalue weighted by molar-refractivity contribution is 0.418. The number of fused-ring (bicyclic) bond motifs is 6. The number of rotatable bonds is 1. The molecule has 0 atom stereocenters. The first-order valence-corrected chi connectivity index (χ1v) is 11.1. The first-order chi connectivity index (χ1) is 17.8. The highest BCUT2D eigenvalue weighted by molar-refractivity contribution is 6.21. The topological polar surface area (TPSA) is 72.3 Å². The highest BCUT2D eigenvalue weighted by atomic mass is 19.2. The van der Waals surface area contributed by atoms with Crippen molar-refractivity contribution in [1.82, 2.24) is 0 Å². The monoisotopic (exact) mass is 492 g/mol. The van der Waals surface area contributed by atoms with E-state index in [4.69, 9.17) is 0 Å². The second-order valence-corrected chi connectivity index (χ2v) is 8.70. The Morgan fingerprint density at radius 2 is 1.16 bits per heavy atom. The van der Waals surface area contributed by atoms with Crippen LogP contribution in [0.15, 0.2) is 64.6 Å². The first-order valence-electron chi connectivity index (χ1n) is 11.1. The van der Waals surface area contributed by atoms with Gasteiger partial charge in [0.1, 0.15) is 0 Å². The largest absolute Gasteiger partial charge is 0.206 e. The van der Waals surface area contributed by atoms with Crippen LogP contribution in [0.4, 0.5) is 17.6 Å². The number of hydrogen-bond acceptors (Lipinski definition) is 4. The Labute approximate surface area is 206 Å². The van der Waals surface area contributed by atoms with E-state index < -0.39 is 34.0 Å². The van der Waals surface area contributed by atoms with Crippen LogP contribution in [-0.4, -0.2) is 0 Å². The zero-order valence-corrected chi connectivity index (χ0v) is 19.0. The Balaban J connectivity index is 1.83. The third-order valence-electron chi connectivity index (χ3n) is 6.68. The molecule has 176 valence electrons. The Kier molecular flexibility index (Phi) is 4.82. The van der Waals surface area contributed by atoms with Gasteiger partial charge < -0.3 is 0 Å². The molecular weight excluding hydrogens is 480 g/mol. The van der Waals surface area contributed by atoms with Crippen molar-refractivity contribution in [3.63, 3.8) is 0 Å². The van der Waals surface area contributed by atoms with E-state index in [-0.39, 0.29) is 16.1 Å². The van der Waals surface area contributed by atoms with Gasteiger partial charge in [0.25, 0.3) is 0 Å². The van der Waals surface area contributed by atoms with Gasteiger partial charge in [-0.2, -0.15) is 20.5 Å². The highest BCUT2D eigenvalue weighted by Gasteiger charge is 2.26. The van der Waals surface area contributed by atoms with Crippen molar-refractivity contribution in [3.8, 4) is 23.5 Å². The fraction of sp³-hybridized carbons (Fsp3) is 0.0345. The summed E-state index contributed by atoms with van der Waals surface area (Å²) in [6.45, 7) is 1.98. The maximum Gasteiger partial charge on any atom is 0.206 e. The summed E-state index contributed by atoms with van der Waals surface area (Å²) in [6.07, 6.45) is 3.32. The van der Waals surface area contributed by atoms with E-state index in [1.54, 1.807) is 12.3 Å². The van der Waals surface area contributed by atoms with E-state index in [0.29, 0.717) is 26.9 Å². The van der Waals surface area contributed by atoms with Gasteiger partial charge in [-0.1, -0.05) is 42.0 Å². The zero-order chi connectivity index (χ0) is 26.0. The molecule has 37 heavy (non-hydrogen) atoms. The van der Waals surface area contributed by atoms with Crippen molar-refractivity contribution in [2.45, 2.75) is 6.92 Å². The zero-order valence-electron chi connectivity index (χ0n) is 19.0. The van der Waals surface area contributed by atoms with Gasteiger partial charge in [0, 0.05) is 21.5 Å². The summed E-state index contributed by atoms with van der Waals surface area (Å²) in [7, 11) is 0. The van der Waals surface area contributed by atoms with Crippen LogP contribution in [0, 0.1) is 53.1 Å². The van der Waals surface area contributed by atoms with Gasteiger partial charge in [-0.25, -0.2) is 17.6 Å². The van der Waals surface area contributed by atoms with Crippen LogP contribution in [0.1, 0.15) is 5.56 Å². The molecule has 0 aliphatic carbocycles. The number of benzene rings is 4. The van der Waals surface area contributed by atoms with Gasteiger partial charge in [0.2, 0.25) is 12.4 Å². The van der Waals surface area contributed by atoms with Crippen molar-refractivity contribution in [3.05, 3.63) is 94.1 Å². The summed E-state index contributed by atoms with van der Waals surface area (Å²) >= 11 is 0. The van der Waals surface area contributed by atoms with E-state index in [0.717, 1.165) is 16.7 Å². The molecule has 4 nitrogen and oxygen atoms in total. The molecule has 0 aliphatic rings. The average Bonchev–Trinajstić information content (AvgIpc) is 3.37. The third kappa shape index (κ3) is 3.06. The number of nitriles is 2. The van der Waals surface area contributed by atoms with Gasteiger partial charge in [-0.15, -0.1) is 0 Å². The normalized spacial score (nSPS) is 12.7. The van der Waals surface area contributed by atoms with Crippen LogP contribution in [0.2, 0.25) is 0 Å². The smallest absolute Gasteiger partial charge is 0.203 e. The molecule has 0 unspecified atom stereocenters. The van der Waals surface area contributed by atoms with E-state index in [9.17, 15) is 28.1 Å². The Bertz CT molecular complexity index is 2170. The maximum atomic E-state index is 15.0. The quantitative estimate of drug-likeness (QED) is 0.114. The summed E-state index contributed by atoms with van der Waals surface area (Å²) < 4.78 is 58.1. The Hall–Kier alpha value is -5.08. The summed E-state index contributed by atoms with van der Waals surface area (Å²) in [6, 6.07) is 16.5. The molecule has 0 fully saturated rings. The first kappa shape index (κ1) is 22.4. The van der Waals surface area contributed by atoms with Crippen LogP contribution in [0.25, 0.3) is 54.2 Å². The number of nitrogens with zero attached hydrogens (tertiary/aromatic N) is 4. The van der Waals surface area contributed by atoms with Crippen molar-refractivity contribution in [2.24, 2.45) is 9.98 Å². The van der Waals surface area contributed by atoms with Gasteiger partial charge in [0.15, 0.2) is 23.3 Å². The molecule has 0 N–H and O–H groups in total. The molecule has 0 aromatic heterocycles. The SMILES string of the molecule is Cc1cccc(-c2ccc3c(c2)/c(=N\C#N)c2cc4c(cc23)/c(=N/C#N)c2c(F)c(F)c(F)c(F)c24)c1. The van der Waals surface area contributed by atoms with E-state index in [2.05, 4.69) is 9.98 Å². The molecule has 0 radical (unpaired) electrons. The molecule has 0 saturated carbocycles. The molecule has 0 spiro atoms. The Morgan fingerprint density at radius 3 is 1.86 bits per heavy atom. The number of hydrogen-bond donors (Lipinski definition) is 0. The van der Waals surface area contributed by atoms with E-state index in [1.807, 2.05) is 49.4 Å². The van der Waals surface area contributed by atoms with Crippen molar-refractivity contribution in [2.75, 3.05) is 0 Å². The molecule has 0 aliphatic heterocycles. The number of halogens is 4. The molecule has 0 heterocycles. The molecular formula is C29H12F4N4. The number of aryl methyl sites for hydroxylation is 1.